The molecule has 0 unspecified atom stereocenters. The lowest BCUT2D eigenvalue weighted by Crippen LogP contribution is -2.50. The number of halogens is 1. The van der Waals surface area contributed by atoms with Gasteiger partial charge in [0.15, 0.2) is 0 Å². The van der Waals surface area contributed by atoms with Crippen molar-refractivity contribution in [2.75, 3.05) is 31.1 Å². The van der Waals surface area contributed by atoms with E-state index in [2.05, 4.69) is 4.40 Å². The van der Waals surface area contributed by atoms with Gasteiger partial charge in [-0.05, 0) is 47.6 Å². The number of carbonyl (C=O) groups is 1. The van der Waals surface area contributed by atoms with Crippen molar-refractivity contribution >= 4 is 29.0 Å². The Labute approximate surface area is 169 Å². The predicted octanol–water partition coefficient (Wildman–Crippen LogP) is 3.76. The molecule has 1 aliphatic heterocycles. The fourth-order valence-corrected chi connectivity index (χ4v) is 3.20. The number of hydrogen-bond donors (Lipinski definition) is 0. The van der Waals surface area contributed by atoms with Gasteiger partial charge >= 0.3 is 6.09 Å². The zero-order chi connectivity index (χ0) is 21.1. The average molecular weight is 412 g/mol. The molecular formula is C20H30FN3O3S. The number of ether oxygens (including phenoxy) is 1. The standard InChI is InChI=1S/C20H30FN3O3S/c1-19(2,3)27-18(25)24-12-10-23(11-13-24)17-15(8-7-9-16(17)21)14-22-28(26)20(4,5)6/h7-9,14H,10-13H2,1-6H3/b22-14+/t28-/m0/s1. The minimum atomic E-state index is -1.42. The van der Waals surface area contributed by atoms with Crippen molar-refractivity contribution in [1.29, 1.82) is 0 Å². The number of carbonyl (C=O) groups excluding carboxylic acids is 1. The normalized spacial score (nSPS) is 17.1. The summed E-state index contributed by atoms with van der Waals surface area (Å²) in [5, 5.41) is 0. The number of anilines is 1. The van der Waals surface area contributed by atoms with Crippen LogP contribution < -0.4 is 4.90 Å². The van der Waals surface area contributed by atoms with E-state index in [1.54, 1.807) is 17.0 Å². The molecule has 1 saturated heterocycles. The third-order valence-electron chi connectivity index (χ3n) is 4.08. The van der Waals surface area contributed by atoms with Crippen LogP contribution in [0.4, 0.5) is 14.9 Å². The van der Waals surface area contributed by atoms with E-state index >= 15 is 0 Å². The molecule has 1 aromatic carbocycles. The maximum Gasteiger partial charge on any atom is 0.410 e. The third kappa shape index (κ3) is 6.02. The van der Waals surface area contributed by atoms with Crippen LogP contribution in [0.5, 0.6) is 0 Å². The Morgan fingerprint density at radius 3 is 2.29 bits per heavy atom. The van der Waals surface area contributed by atoms with E-state index in [0.717, 1.165) is 0 Å². The van der Waals surface area contributed by atoms with Crippen LogP contribution in [0.1, 0.15) is 47.1 Å². The van der Waals surface area contributed by atoms with Gasteiger partial charge in [0.1, 0.15) is 22.4 Å². The molecule has 0 bridgehead atoms. The summed E-state index contributed by atoms with van der Waals surface area (Å²) in [6.45, 7) is 12.8. The summed E-state index contributed by atoms with van der Waals surface area (Å²) in [5.41, 5.74) is 0.441. The first-order valence-electron chi connectivity index (χ1n) is 9.36. The number of para-hydroxylation sites is 1. The molecule has 1 aromatic rings. The Morgan fingerprint density at radius 1 is 1.14 bits per heavy atom. The Morgan fingerprint density at radius 2 is 1.75 bits per heavy atom. The van der Waals surface area contributed by atoms with Crippen LogP contribution in [0.25, 0.3) is 0 Å². The van der Waals surface area contributed by atoms with E-state index in [1.807, 2.05) is 46.4 Å². The van der Waals surface area contributed by atoms with Crippen molar-refractivity contribution < 1.29 is 18.1 Å². The molecule has 156 valence electrons. The molecular weight excluding hydrogens is 381 g/mol. The van der Waals surface area contributed by atoms with Gasteiger partial charge in [-0.2, -0.15) is 4.40 Å². The Hall–Kier alpha value is -1.96. The molecule has 1 aliphatic rings. The zero-order valence-corrected chi connectivity index (χ0v) is 18.3. The van der Waals surface area contributed by atoms with Crippen molar-refractivity contribution in [3.8, 4) is 0 Å². The summed E-state index contributed by atoms with van der Waals surface area (Å²) in [5.74, 6) is -0.365. The molecule has 1 amide bonds. The monoisotopic (exact) mass is 411 g/mol. The van der Waals surface area contributed by atoms with Crippen molar-refractivity contribution in [3.05, 3.63) is 29.6 Å². The van der Waals surface area contributed by atoms with Crippen molar-refractivity contribution in [3.63, 3.8) is 0 Å². The quantitative estimate of drug-likeness (QED) is 0.711. The SMILES string of the molecule is CC(C)(C)OC(=O)N1CCN(c2c(F)cccc2/C=N/[S@@](=O)C(C)(C)C)CC1. The van der Waals surface area contributed by atoms with Crippen LogP contribution in [0, 0.1) is 5.82 Å². The second-order valence-corrected chi connectivity index (χ2v) is 10.7. The molecule has 0 radical (unpaired) electrons. The first-order valence-corrected chi connectivity index (χ1v) is 10.5. The van der Waals surface area contributed by atoms with Crippen molar-refractivity contribution in [2.45, 2.75) is 51.9 Å². The molecule has 0 N–H and O–H groups in total. The Bertz CT molecular complexity index is 761. The number of benzene rings is 1. The number of nitrogens with zero attached hydrogens (tertiary/aromatic N) is 3. The van der Waals surface area contributed by atoms with Crippen LogP contribution in [0.15, 0.2) is 22.6 Å². The maximum atomic E-state index is 14.6. The summed E-state index contributed by atoms with van der Waals surface area (Å²) >= 11 is 0. The molecule has 0 aromatic heterocycles. The second-order valence-electron chi connectivity index (χ2n) is 8.73. The lowest BCUT2D eigenvalue weighted by atomic mass is 10.1. The van der Waals surface area contributed by atoms with Crippen LogP contribution >= 0.6 is 0 Å². The van der Waals surface area contributed by atoms with Gasteiger partial charge in [-0.15, -0.1) is 0 Å². The van der Waals surface area contributed by atoms with E-state index in [4.69, 9.17) is 4.74 Å². The molecule has 2 rings (SSSR count). The maximum absolute atomic E-state index is 14.6. The largest absolute Gasteiger partial charge is 0.444 e. The van der Waals surface area contributed by atoms with Gasteiger partial charge in [0, 0.05) is 38.0 Å². The summed E-state index contributed by atoms with van der Waals surface area (Å²) in [7, 11) is -1.42. The van der Waals surface area contributed by atoms with Crippen LogP contribution in [-0.4, -0.2) is 57.9 Å². The van der Waals surface area contributed by atoms with Gasteiger partial charge in [0.05, 0.1) is 10.4 Å². The highest BCUT2D eigenvalue weighted by molar-refractivity contribution is 7.85. The molecule has 1 heterocycles. The zero-order valence-electron chi connectivity index (χ0n) is 17.5. The van der Waals surface area contributed by atoms with E-state index in [9.17, 15) is 13.4 Å². The topological polar surface area (TPSA) is 62.2 Å². The van der Waals surface area contributed by atoms with Gasteiger partial charge in [-0.25, -0.2) is 13.4 Å². The molecule has 6 nitrogen and oxygen atoms in total. The highest BCUT2D eigenvalue weighted by Gasteiger charge is 2.27. The van der Waals surface area contributed by atoms with E-state index < -0.39 is 21.3 Å². The van der Waals surface area contributed by atoms with Crippen LogP contribution in [-0.2, 0) is 15.7 Å². The minimum absolute atomic E-state index is 0.358. The molecule has 0 spiro atoms. The number of rotatable bonds is 3. The summed E-state index contributed by atoms with van der Waals surface area (Å²) in [6.07, 6.45) is 1.11. The third-order valence-corrected chi connectivity index (χ3v) is 5.42. The fourth-order valence-electron chi connectivity index (χ4n) is 2.67. The van der Waals surface area contributed by atoms with Gasteiger partial charge in [0.25, 0.3) is 0 Å². The molecule has 1 atom stereocenters. The number of piperazine rings is 1. The summed E-state index contributed by atoms with van der Waals surface area (Å²) in [4.78, 5) is 15.7. The van der Waals surface area contributed by atoms with Gasteiger partial charge in [-0.3, -0.25) is 0 Å². The van der Waals surface area contributed by atoms with E-state index in [1.165, 1.54) is 12.3 Å². The summed E-state index contributed by atoms with van der Waals surface area (Å²) < 4.78 is 35.8. The van der Waals surface area contributed by atoms with Gasteiger partial charge in [0.2, 0.25) is 0 Å². The lowest BCUT2D eigenvalue weighted by Gasteiger charge is -2.37. The van der Waals surface area contributed by atoms with Crippen molar-refractivity contribution in [2.24, 2.45) is 4.40 Å². The first kappa shape index (κ1) is 22.3. The number of hydrogen-bond acceptors (Lipinski definition) is 4. The van der Waals surface area contributed by atoms with E-state index in [-0.39, 0.29) is 11.9 Å². The predicted molar refractivity (Wildman–Crippen MR) is 112 cm³/mol. The smallest absolute Gasteiger partial charge is 0.410 e. The fraction of sp³-hybridized carbons (Fsp3) is 0.600. The average Bonchev–Trinajstić information content (AvgIpc) is 2.57. The molecule has 8 heteroatoms. The molecule has 1 fully saturated rings. The molecule has 28 heavy (non-hydrogen) atoms. The Balaban J connectivity index is 2.14. The second kappa shape index (κ2) is 8.59. The Kier molecular flexibility index (Phi) is 6.85. The summed E-state index contributed by atoms with van der Waals surface area (Å²) in [6, 6.07) is 4.76. The van der Waals surface area contributed by atoms with Gasteiger partial charge in [-0.1, -0.05) is 12.1 Å². The van der Waals surface area contributed by atoms with E-state index in [0.29, 0.717) is 37.4 Å². The van der Waals surface area contributed by atoms with Gasteiger partial charge < -0.3 is 14.5 Å². The number of amides is 1. The van der Waals surface area contributed by atoms with Crippen LogP contribution in [0.2, 0.25) is 0 Å². The van der Waals surface area contributed by atoms with Crippen LogP contribution in [0.3, 0.4) is 0 Å². The first-order chi connectivity index (χ1) is 12.9. The highest BCUT2D eigenvalue weighted by atomic mass is 32.2. The van der Waals surface area contributed by atoms with Crippen molar-refractivity contribution in [1.82, 2.24) is 4.90 Å². The molecule has 0 aliphatic carbocycles. The lowest BCUT2D eigenvalue weighted by molar-refractivity contribution is 0.0240. The molecule has 0 saturated carbocycles. The minimum Gasteiger partial charge on any atom is -0.444 e. The highest BCUT2D eigenvalue weighted by Crippen LogP contribution is 2.25.